The number of hydrogen-bond acceptors (Lipinski definition) is 3. The number of para-hydroxylation sites is 2. The highest BCUT2D eigenvalue weighted by molar-refractivity contribution is 6.48. The van der Waals surface area contributed by atoms with E-state index in [1.54, 1.807) is 14.6 Å². The van der Waals surface area contributed by atoms with Gasteiger partial charge in [-0.25, -0.2) is 0 Å². The van der Waals surface area contributed by atoms with Crippen LogP contribution in [0.4, 0.5) is 0 Å². The van der Waals surface area contributed by atoms with Crippen molar-refractivity contribution in [2.75, 3.05) is 7.11 Å². The van der Waals surface area contributed by atoms with E-state index in [0.717, 1.165) is 22.5 Å². The van der Waals surface area contributed by atoms with Gasteiger partial charge in [-0.1, -0.05) is 18.2 Å². The van der Waals surface area contributed by atoms with Crippen molar-refractivity contribution in [3.05, 3.63) is 48.0 Å². The van der Waals surface area contributed by atoms with E-state index in [-0.39, 0.29) is 0 Å². The standard InChI is InChI=1S/C14H12BO3/c1-16-13-4-2-3-5-14(13)18-11-6-7-12-10(8-11)9-17-15-12/h2-8H,9H2,1H3. The third kappa shape index (κ3) is 2.07. The van der Waals surface area contributed by atoms with E-state index in [1.807, 2.05) is 42.5 Å². The summed E-state index contributed by atoms with van der Waals surface area (Å²) in [5.41, 5.74) is 2.25. The van der Waals surface area contributed by atoms with Crippen LogP contribution in [0.25, 0.3) is 0 Å². The zero-order valence-corrected chi connectivity index (χ0v) is 10.1. The molecule has 0 aliphatic carbocycles. The Balaban J connectivity index is 1.88. The van der Waals surface area contributed by atoms with Gasteiger partial charge in [0.15, 0.2) is 11.5 Å². The molecule has 1 heterocycles. The van der Waals surface area contributed by atoms with Gasteiger partial charge >= 0.3 is 7.48 Å². The number of hydrogen-bond donors (Lipinski definition) is 0. The number of ether oxygens (including phenoxy) is 2. The van der Waals surface area contributed by atoms with Gasteiger partial charge in [0.1, 0.15) is 5.75 Å². The second-order valence-electron chi connectivity index (χ2n) is 4.04. The number of rotatable bonds is 3. The maximum absolute atomic E-state index is 5.83. The molecule has 3 rings (SSSR count). The quantitative estimate of drug-likeness (QED) is 0.769. The van der Waals surface area contributed by atoms with Crippen molar-refractivity contribution in [2.24, 2.45) is 0 Å². The molecular formula is C14H12BO3. The molecule has 0 unspecified atom stereocenters. The van der Waals surface area contributed by atoms with E-state index in [0.29, 0.717) is 12.4 Å². The Morgan fingerprint density at radius 3 is 2.78 bits per heavy atom. The van der Waals surface area contributed by atoms with Crippen molar-refractivity contribution in [1.29, 1.82) is 0 Å². The summed E-state index contributed by atoms with van der Waals surface area (Å²) >= 11 is 0. The van der Waals surface area contributed by atoms with Gasteiger partial charge in [-0.2, -0.15) is 0 Å². The third-order valence-electron chi connectivity index (χ3n) is 2.86. The molecule has 1 radical (unpaired) electrons. The molecule has 3 nitrogen and oxygen atoms in total. The van der Waals surface area contributed by atoms with Gasteiger partial charge in [0.2, 0.25) is 0 Å². The summed E-state index contributed by atoms with van der Waals surface area (Å²) in [7, 11) is 3.40. The first-order valence-electron chi connectivity index (χ1n) is 5.75. The van der Waals surface area contributed by atoms with Crippen LogP contribution in [0.5, 0.6) is 17.2 Å². The maximum Gasteiger partial charge on any atom is 0.330 e. The molecular weight excluding hydrogens is 227 g/mol. The predicted molar refractivity (Wildman–Crippen MR) is 69.7 cm³/mol. The van der Waals surface area contributed by atoms with Crippen molar-refractivity contribution in [3.8, 4) is 17.2 Å². The summed E-state index contributed by atoms with van der Waals surface area (Å²) in [6, 6.07) is 13.5. The fraction of sp³-hybridized carbons (Fsp3) is 0.143. The van der Waals surface area contributed by atoms with Crippen LogP contribution in [-0.4, -0.2) is 14.6 Å². The van der Waals surface area contributed by atoms with Crippen LogP contribution < -0.4 is 14.9 Å². The summed E-state index contributed by atoms with van der Waals surface area (Å²) in [5.74, 6) is 2.22. The monoisotopic (exact) mass is 239 g/mol. The molecule has 2 aromatic rings. The molecule has 0 aromatic heterocycles. The summed E-state index contributed by atoms with van der Waals surface area (Å²) in [5, 5.41) is 0. The van der Waals surface area contributed by atoms with Crippen LogP contribution in [-0.2, 0) is 11.3 Å². The highest BCUT2D eigenvalue weighted by atomic mass is 16.5. The van der Waals surface area contributed by atoms with Gasteiger partial charge < -0.3 is 14.1 Å². The maximum atomic E-state index is 5.83. The lowest BCUT2D eigenvalue weighted by atomic mass is 9.87. The Hall–Kier alpha value is -1.94. The van der Waals surface area contributed by atoms with E-state index in [2.05, 4.69) is 0 Å². The molecule has 0 amide bonds. The van der Waals surface area contributed by atoms with Crippen LogP contribution in [0, 0.1) is 0 Å². The first-order chi connectivity index (χ1) is 8.86. The molecule has 0 N–H and O–H groups in total. The van der Waals surface area contributed by atoms with E-state index in [4.69, 9.17) is 14.1 Å². The summed E-state index contributed by atoms with van der Waals surface area (Å²) in [6.07, 6.45) is 0. The SMILES string of the molecule is COc1ccccc1Oc1ccc2c(c1)CO[B]2. The van der Waals surface area contributed by atoms with Crippen LogP contribution in [0.2, 0.25) is 0 Å². The molecule has 89 valence electrons. The molecule has 4 heteroatoms. The average molecular weight is 239 g/mol. The third-order valence-corrected chi connectivity index (χ3v) is 2.86. The van der Waals surface area contributed by atoms with E-state index in [9.17, 15) is 0 Å². The number of fused-ring (bicyclic) bond motifs is 1. The van der Waals surface area contributed by atoms with E-state index < -0.39 is 0 Å². The lowest BCUT2D eigenvalue weighted by Gasteiger charge is -2.10. The first-order valence-corrected chi connectivity index (χ1v) is 5.75. The smallest absolute Gasteiger partial charge is 0.330 e. The molecule has 0 fully saturated rings. The second kappa shape index (κ2) is 4.74. The first kappa shape index (κ1) is 11.2. The normalized spacial score (nSPS) is 12.7. The fourth-order valence-corrected chi connectivity index (χ4v) is 1.94. The Labute approximate surface area is 107 Å². The molecule has 0 saturated carbocycles. The average Bonchev–Trinajstić information content (AvgIpc) is 2.87. The molecule has 0 bridgehead atoms. The van der Waals surface area contributed by atoms with Crippen molar-refractivity contribution in [1.82, 2.24) is 0 Å². The van der Waals surface area contributed by atoms with Crippen molar-refractivity contribution < 1.29 is 14.1 Å². The lowest BCUT2D eigenvalue weighted by molar-refractivity contribution is 0.344. The number of benzene rings is 2. The summed E-state index contributed by atoms with van der Waals surface area (Å²) in [6.45, 7) is 0.610. The molecule has 1 aliphatic heterocycles. The Bertz CT molecular complexity index is 569. The molecule has 0 spiro atoms. The van der Waals surface area contributed by atoms with Crippen LogP contribution in [0.15, 0.2) is 42.5 Å². The van der Waals surface area contributed by atoms with Crippen molar-refractivity contribution in [3.63, 3.8) is 0 Å². The zero-order valence-electron chi connectivity index (χ0n) is 10.1. The molecule has 1 aliphatic rings. The summed E-state index contributed by atoms with van der Waals surface area (Å²) in [4.78, 5) is 0. The Kier molecular flexibility index (Phi) is 2.94. The zero-order chi connectivity index (χ0) is 12.4. The van der Waals surface area contributed by atoms with Gasteiger partial charge in [0.05, 0.1) is 13.7 Å². The minimum atomic E-state index is 0.610. The van der Waals surface area contributed by atoms with Gasteiger partial charge in [0.25, 0.3) is 0 Å². The highest BCUT2D eigenvalue weighted by Crippen LogP contribution is 2.31. The topological polar surface area (TPSA) is 27.7 Å². The molecule has 0 atom stereocenters. The lowest BCUT2D eigenvalue weighted by Crippen LogP contribution is -2.10. The molecule has 18 heavy (non-hydrogen) atoms. The van der Waals surface area contributed by atoms with Crippen molar-refractivity contribution in [2.45, 2.75) is 6.61 Å². The molecule has 0 saturated heterocycles. The summed E-state index contributed by atoms with van der Waals surface area (Å²) < 4.78 is 16.3. The van der Waals surface area contributed by atoms with Gasteiger partial charge in [-0.15, -0.1) is 0 Å². The van der Waals surface area contributed by atoms with Crippen molar-refractivity contribution >= 4 is 12.9 Å². The highest BCUT2D eigenvalue weighted by Gasteiger charge is 2.14. The van der Waals surface area contributed by atoms with E-state index >= 15 is 0 Å². The van der Waals surface area contributed by atoms with Gasteiger partial charge in [0, 0.05) is 0 Å². The van der Waals surface area contributed by atoms with Gasteiger partial charge in [-0.3, -0.25) is 0 Å². The van der Waals surface area contributed by atoms with Gasteiger partial charge in [-0.05, 0) is 35.3 Å². The largest absolute Gasteiger partial charge is 0.493 e. The van der Waals surface area contributed by atoms with Crippen LogP contribution in [0.3, 0.4) is 0 Å². The minimum Gasteiger partial charge on any atom is -0.493 e. The second-order valence-corrected chi connectivity index (χ2v) is 4.04. The van der Waals surface area contributed by atoms with E-state index in [1.165, 1.54) is 0 Å². The molecule has 2 aromatic carbocycles. The predicted octanol–water partition coefficient (Wildman–Crippen LogP) is 2.26. The Morgan fingerprint density at radius 1 is 1.11 bits per heavy atom. The van der Waals surface area contributed by atoms with Crippen LogP contribution >= 0.6 is 0 Å². The number of methoxy groups -OCH3 is 1. The fourth-order valence-electron chi connectivity index (χ4n) is 1.94. The Morgan fingerprint density at radius 2 is 1.94 bits per heavy atom. The van der Waals surface area contributed by atoms with Crippen LogP contribution in [0.1, 0.15) is 5.56 Å². The minimum absolute atomic E-state index is 0.610.